The van der Waals surface area contributed by atoms with Crippen LogP contribution in [-0.4, -0.2) is 92.6 Å². The Kier molecular flexibility index (Phi) is 16.0. The molecule has 3 aromatic carbocycles. The summed E-state index contributed by atoms with van der Waals surface area (Å²) in [5, 5.41) is 13.2. The maximum absolute atomic E-state index is 14.1. The van der Waals surface area contributed by atoms with Crippen molar-refractivity contribution in [3.05, 3.63) is 77.9 Å². The highest BCUT2D eigenvalue weighted by atomic mass is 32.2. The molecule has 0 aliphatic carbocycles. The molecule has 0 aromatic heterocycles. The number of amides is 5. The summed E-state index contributed by atoms with van der Waals surface area (Å²) in [5.41, 5.74) is 7.63. The van der Waals surface area contributed by atoms with Gasteiger partial charge in [-0.3, -0.25) is 29.0 Å². The molecule has 0 bridgehead atoms. The lowest BCUT2D eigenvalue weighted by Crippen LogP contribution is -2.58. The van der Waals surface area contributed by atoms with Crippen molar-refractivity contribution in [1.29, 1.82) is 0 Å². The Morgan fingerprint density at radius 3 is 2.23 bits per heavy atom. The van der Waals surface area contributed by atoms with Crippen LogP contribution in [0.5, 0.6) is 0 Å². The number of likely N-dealkylation sites (tertiary alicyclic amines) is 1. The van der Waals surface area contributed by atoms with Crippen LogP contribution in [-0.2, 0) is 40.4 Å². The fourth-order valence-corrected chi connectivity index (χ4v) is 7.75. The van der Waals surface area contributed by atoms with E-state index in [2.05, 4.69) is 31.0 Å². The lowest BCUT2D eigenvalue weighted by molar-refractivity contribution is -0.142. The summed E-state index contributed by atoms with van der Waals surface area (Å²) in [6, 6.07) is 15.9. The van der Waals surface area contributed by atoms with Gasteiger partial charge in [0.15, 0.2) is 0 Å². The molecule has 0 spiro atoms. The quantitative estimate of drug-likeness (QED) is 0.0636. The number of guanidine groups is 1. The van der Waals surface area contributed by atoms with E-state index in [4.69, 9.17) is 5.73 Å². The predicted octanol–water partition coefficient (Wildman–Crippen LogP) is 2.41. The minimum atomic E-state index is -3.98. The van der Waals surface area contributed by atoms with Crippen molar-refractivity contribution in [1.82, 2.24) is 30.9 Å². The fourth-order valence-electron chi connectivity index (χ4n) is 6.80. The molecule has 1 saturated heterocycles. The average molecular weight is 805 g/mol. The number of hydrogen-bond donors (Lipinski definition) is 6. The molecule has 3 aromatic rings. The van der Waals surface area contributed by atoms with Crippen LogP contribution in [0, 0.1) is 12.8 Å². The van der Waals surface area contributed by atoms with E-state index in [-0.39, 0.29) is 54.9 Å². The van der Waals surface area contributed by atoms with Crippen LogP contribution in [0.15, 0.2) is 76.6 Å². The van der Waals surface area contributed by atoms with Gasteiger partial charge in [-0.2, -0.15) is 0 Å². The van der Waals surface area contributed by atoms with Gasteiger partial charge in [-0.1, -0.05) is 74.0 Å². The largest absolute Gasteiger partial charge is 0.369 e. The Morgan fingerprint density at radius 2 is 1.56 bits per heavy atom. The minimum absolute atomic E-state index is 0.0149. The van der Waals surface area contributed by atoms with Gasteiger partial charge in [0.1, 0.15) is 24.2 Å². The Bertz CT molecular complexity index is 2040. The normalized spacial score (nSPS) is 16.1. The van der Waals surface area contributed by atoms with Gasteiger partial charge >= 0.3 is 0 Å². The van der Waals surface area contributed by atoms with Gasteiger partial charge in [0.25, 0.3) is 10.0 Å². The zero-order valence-corrected chi connectivity index (χ0v) is 34.2. The summed E-state index contributed by atoms with van der Waals surface area (Å²) >= 11 is 0. The zero-order valence-electron chi connectivity index (χ0n) is 33.3. The Hall–Kier alpha value is -5.51. The van der Waals surface area contributed by atoms with Crippen molar-refractivity contribution >= 4 is 56.3 Å². The molecule has 1 aliphatic rings. The molecule has 4 rings (SSSR count). The summed E-state index contributed by atoms with van der Waals surface area (Å²) in [4.78, 5) is 72.8. The Balaban J connectivity index is 1.51. The number of rotatable bonds is 18. The molecule has 15 nitrogen and oxygen atoms in total. The minimum Gasteiger partial charge on any atom is -0.369 e. The average Bonchev–Trinajstić information content (AvgIpc) is 3.65. The van der Waals surface area contributed by atoms with Crippen LogP contribution >= 0.6 is 0 Å². The molecule has 0 unspecified atom stereocenters. The van der Waals surface area contributed by atoms with Crippen molar-refractivity contribution in [2.24, 2.45) is 16.6 Å². The number of nitrogens with two attached hydrogens (primary N) is 1. The van der Waals surface area contributed by atoms with Crippen molar-refractivity contribution in [2.45, 2.75) is 102 Å². The van der Waals surface area contributed by atoms with Gasteiger partial charge in [-0.15, -0.1) is 0 Å². The van der Waals surface area contributed by atoms with E-state index in [1.54, 1.807) is 19.1 Å². The first-order valence-corrected chi connectivity index (χ1v) is 20.9. The first-order chi connectivity index (χ1) is 27.1. The summed E-state index contributed by atoms with van der Waals surface area (Å²) in [7, 11) is -3.98. The third-order valence-corrected chi connectivity index (χ3v) is 11.0. The second kappa shape index (κ2) is 20.6. The molecule has 4 atom stereocenters. The third-order valence-electron chi connectivity index (χ3n) is 9.60. The summed E-state index contributed by atoms with van der Waals surface area (Å²) in [6.45, 7) is 9.45. The summed E-state index contributed by atoms with van der Waals surface area (Å²) < 4.78 is 27.8. The molecule has 57 heavy (non-hydrogen) atoms. The number of fused-ring (bicyclic) bond motifs is 1. The van der Waals surface area contributed by atoms with E-state index in [1.165, 1.54) is 24.0 Å². The Labute approximate surface area is 335 Å². The van der Waals surface area contributed by atoms with Crippen LogP contribution in [0.25, 0.3) is 10.8 Å². The number of nitrogens with one attached hydrogen (secondary N) is 5. The highest BCUT2D eigenvalue weighted by Gasteiger charge is 2.38. The molecule has 0 saturated carbocycles. The van der Waals surface area contributed by atoms with Crippen molar-refractivity contribution in [2.75, 3.05) is 19.6 Å². The number of aryl methyl sites for hydroxylation is 1. The van der Waals surface area contributed by atoms with E-state index in [0.717, 1.165) is 21.9 Å². The highest BCUT2D eigenvalue weighted by Crippen LogP contribution is 2.21. The molecular weight excluding hydrogens is 749 g/mol. The van der Waals surface area contributed by atoms with E-state index in [9.17, 15) is 32.4 Å². The second-order valence-corrected chi connectivity index (χ2v) is 16.5. The number of benzene rings is 3. The molecular formula is C41H56N8O7S. The lowest BCUT2D eigenvalue weighted by atomic mass is 9.99. The maximum atomic E-state index is 14.1. The van der Waals surface area contributed by atoms with Gasteiger partial charge in [0.05, 0.1) is 4.90 Å². The molecule has 1 heterocycles. The van der Waals surface area contributed by atoms with E-state index in [0.29, 0.717) is 25.9 Å². The number of carbonyl (C=O) groups is 5. The van der Waals surface area contributed by atoms with Crippen LogP contribution in [0.2, 0.25) is 0 Å². The molecule has 0 radical (unpaired) electrons. The van der Waals surface area contributed by atoms with E-state index < -0.39 is 57.8 Å². The van der Waals surface area contributed by atoms with Crippen molar-refractivity contribution in [3.8, 4) is 0 Å². The maximum Gasteiger partial charge on any atom is 0.264 e. The number of hydrogen-bond acceptors (Lipinski definition) is 8. The van der Waals surface area contributed by atoms with Gasteiger partial charge in [0.2, 0.25) is 35.5 Å². The van der Waals surface area contributed by atoms with E-state index in [1.807, 2.05) is 63.2 Å². The van der Waals surface area contributed by atoms with Gasteiger partial charge < -0.3 is 31.9 Å². The fraction of sp³-hybridized carbons (Fsp3) is 0.463. The SMILES string of the molecule is CCNC(=O)[C@@H]1CCCN1C(=O)[C@H](CCCN=C(N)NS(=O)(=O)c1ccc(C)cc1)NC(=O)[C@H](CC(C)C)NC(=O)[C@@H](Cc1ccc2ccccc2c1)NC(C)=O. The predicted molar refractivity (Wildman–Crippen MR) is 219 cm³/mol. The molecule has 308 valence electrons. The summed E-state index contributed by atoms with van der Waals surface area (Å²) in [6.07, 6.45) is 1.76. The van der Waals surface area contributed by atoms with Crippen LogP contribution in [0.3, 0.4) is 0 Å². The molecule has 5 amide bonds. The number of aliphatic imine (C=N–C) groups is 1. The topological polar surface area (TPSA) is 221 Å². The van der Waals surface area contributed by atoms with Crippen LogP contribution in [0.1, 0.15) is 70.9 Å². The second-order valence-electron chi connectivity index (χ2n) is 14.8. The van der Waals surface area contributed by atoms with Gasteiger partial charge in [-0.05, 0) is 80.3 Å². The molecule has 1 fully saturated rings. The number of carbonyl (C=O) groups excluding carboxylic acids is 5. The first kappa shape index (κ1) is 44.2. The monoisotopic (exact) mass is 804 g/mol. The molecule has 16 heteroatoms. The Morgan fingerprint density at radius 1 is 0.895 bits per heavy atom. The van der Waals surface area contributed by atoms with Gasteiger partial charge in [0, 0.05) is 33.0 Å². The highest BCUT2D eigenvalue weighted by molar-refractivity contribution is 7.90. The third kappa shape index (κ3) is 13.0. The number of nitrogens with zero attached hydrogens (tertiary/aromatic N) is 2. The lowest BCUT2D eigenvalue weighted by Gasteiger charge is -2.30. The zero-order chi connectivity index (χ0) is 41.7. The van der Waals surface area contributed by atoms with Crippen molar-refractivity contribution < 1.29 is 32.4 Å². The van der Waals surface area contributed by atoms with E-state index >= 15 is 0 Å². The van der Waals surface area contributed by atoms with Gasteiger partial charge in [-0.25, -0.2) is 13.1 Å². The van der Waals surface area contributed by atoms with Crippen LogP contribution < -0.4 is 31.7 Å². The molecule has 1 aliphatic heterocycles. The smallest absolute Gasteiger partial charge is 0.264 e. The number of likely N-dealkylation sites (N-methyl/N-ethyl adjacent to an activating group) is 1. The van der Waals surface area contributed by atoms with Crippen molar-refractivity contribution in [3.63, 3.8) is 0 Å². The summed E-state index contributed by atoms with van der Waals surface area (Å²) in [5.74, 6) is -2.71. The molecule has 7 N–H and O–H groups in total. The first-order valence-electron chi connectivity index (χ1n) is 19.4. The number of sulfonamides is 1. The van der Waals surface area contributed by atoms with Crippen LogP contribution in [0.4, 0.5) is 0 Å². The standard InChI is InChI=1S/C41H56N8O7S/c1-6-43-39(53)36-14-10-22-49(36)40(54)33(13-9-21-44-41(42)48-57(55,56)32-19-15-27(4)16-20-32)46-37(51)34(23-26(2)3)47-38(52)35(45-28(5)50)25-29-17-18-30-11-7-8-12-31(30)24-29/h7-8,11-12,15-20,24,26,33-36H,6,9-10,13-14,21-23,25H2,1-5H3,(H,43,53)(H,45,50)(H,46,51)(H,47,52)(H3,42,44,48)/t33-,34-,35+,36-/m0/s1.